The quantitative estimate of drug-likeness (QED) is 0.591. The van der Waals surface area contributed by atoms with Crippen LogP contribution in [0.25, 0.3) is 0 Å². The molecule has 0 aromatic heterocycles. The third-order valence-electron chi connectivity index (χ3n) is 2.47. The molecule has 2 rings (SSSR count). The van der Waals surface area contributed by atoms with Gasteiger partial charge in [0.15, 0.2) is 0 Å². The number of rotatable bonds is 2. The van der Waals surface area contributed by atoms with Crippen LogP contribution in [0.1, 0.15) is 5.56 Å². The Kier molecular flexibility index (Phi) is 3.88. The number of nitrogens with one attached hydrogen (secondary N) is 1. The van der Waals surface area contributed by atoms with Crippen molar-refractivity contribution in [2.75, 3.05) is 11.1 Å². The standard InChI is InChI=1S/C13H10F3IN2/c14-13(15,16)11-7-9(18)3-6-12(11)19-10-4-1-8(17)2-5-10/h1-7,19H,18H2. The summed E-state index contributed by atoms with van der Waals surface area (Å²) in [4.78, 5) is 0. The SMILES string of the molecule is Nc1ccc(Nc2ccc(I)cc2)c(C(F)(F)F)c1. The zero-order valence-corrected chi connectivity index (χ0v) is 11.8. The van der Waals surface area contributed by atoms with Gasteiger partial charge in [-0.2, -0.15) is 13.2 Å². The zero-order chi connectivity index (χ0) is 14.0. The lowest BCUT2D eigenvalue weighted by atomic mass is 10.1. The van der Waals surface area contributed by atoms with Crippen LogP contribution in [0, 0.1) is 3.57 Å². The van der Waals surface area contributed by atoms with Crippen LogP contribution in [0.5, 0.6) is 0 Å². The average molecular weight is 378 g/mol. The van der Waals surface area contributed by atoms with Gasteiger partial charge >= 0.3 is 6.18 Å². The molecule has 3 N–H and O–H groups in total. The van der Waals surface area contributed by atoms with Gasteiger partial charge in [-0.1, -0.05) is 0 Å². The van der Waals surface area contributed by atoms with Crippen molar-refractivity contribution in [2.45, 2.75) is 6.18 Å². The van der Waals surface area contributed by atoms with E-state index in [4.69, 9.17) is 5.73 Å². The van der Waals surface area contributed by atoms with Crippen LogP contribution >= 0.6 is 22.6 Å². The summed E-state index contributed by atoms with van der Waals surface area (Å²) in [6, 6.07) is 10.8. The third kappa shape index (κ3) is 3.52. The normalized spacial score (nSPS) is 11.4. The number of hydrogen-bond acceptors (Lipinski definition) is 2. The molecule has 0 unspecified atom stereocenters. The van der Waals surface area contributed by atoms with Gasteiger partial charge in [0.25, 0.3) is 0 Å². The summed E-state index contributed by atoms with van der Waals surface area (Å²) < 4.78 is 39.7. The topological polar surface area (TPSA) is 38.0 Å². The van der Waals surface area contributed by atoms with Crippen molar-refractivity contribution in [3.05, 3.63) is 51.6 Å². The Balaban J connectivity index is 2.37. The van der Waals surface area contributed by atoms with Gasteiger partial charge in [-0.15, -0.1) is 0 Å². The Morgan fingerprint density at radius 3 is 2.21 bits per heavy atom. The van der Waals surface area contributed by atoms with E-state index >= 15 is 0 Å². The van der Waals surface area contributed by atoms with Crippen molar-refractivity contribution < 1.29 is 13.2 Å². The van der Waals surface area contributed by atoms with Gasteiger partial charge in [0.05, 0.1) is 11.3 Å². The summed E-state index contributed by atoms with van der Waals surface area (Å²) >= 11 is 2.13. The molecule has 0 saturated heterocycles. The minimum atomic E-state index is -4.44. The summed E-state index contributed by atoms with van der Waals surface area (Å²) in [7, 11) is 0. The summed E-state index contributed by atoms with van der Waals surface area (Å²) in [6.07, 6.45) is -4.44. The molecule has 2 aromatic carbocycles. The average Bonchev–Trinajstić information content (AvgIpc) is 2.33. The maximum Gasteiger partial charge on any atom is 0.418 e. The molecule has 0 bridgehead atoms. The largest absolute Gasteiger partial charge is 0.418 e. The third-order valence-corrected chi connectivity index (χ3v) is 3.19. The van der Waals surface area contributed by atoms with Crippen LogP contribution in [0.2, 0.25) is 0 Å². The first-order valence-electron chi connectivity index (χ1n) is 5.35. The van der Waals surface area contributed by atoms with Crippen LogP contribution in [0.4, 0.5) is 30.2 Å². The van der Waals surface area contributed by atoms with E-state index in [0.717, 1.165) is 9.64 Å². The molecule has 2 aromatic rings. The van der Waals surface area contributed by atoms with E-state index in [2.05, 4.69) is 27.9 Å². The summed E-state index contributed by atoms with van der Waals surface area (Å²) in [5.74, 6) is 0. The zero-order valence-electron chi connectivity index (χ0n) is 9.63. The number of anilines is 3. The predicted molar refractivity (Wildman–Crippen MR) is 78.3 cm³/mol. The molecule has 0 aliphatic heterocycles. The summed E-state index contributed by atoms with van der Waals surface area (Å²) in [6.45, 7) is 0. The predicted octanol–water partition coefficient (Wildman–Crippen LogP) is 4.64. The molecule has 0 spiro atoms. The summed E-state index contributed by atoms with van der Waals surface area (Å²) in [5, 5.41) is 2.75. The molecule has 0 saturated carbocycles. The molecule has 0 aliphatic carbocycles. The molecule has 0 fully saturated rings. The first-order chi connectivity index (χ1) is 8.86. The van der Waals surface area contributed by atoms with Gasteiger partial charge in [0.1, 0.15) is 0 Å². The molecule has 0 aliphatic rings. The number of halogens is 4. The van der Waals surface area contributed by atoms with E-state index in [1.165, 1.54) is 12.1 Å². The van der Waals surface area contributed by atoms with Crippen LogP contribution < -0.4 is 11.1 Å². The molecular weight excluding hydrogens is 368 g/mol. The van der Waals surface area contributed by atoms with Gasteiger partial charge in [-0.3, -0.25) is 0 Å². The number of nitrogens with two attached hydrogens (primary N) is 1. The molecular formula is C13H10F3IN2. The summed E-state index contributed by atoms with van der Waals surface area (Å²) in [5.41, 5.74) is 5.30. The Morgan fingerprint density at radius 2 is 1.63 bits per heavy atom. The fraction of sp³-hybridized carbons (Fsp3) is 0.0769. The Morgan fingerprint density at radius 1 is 1.00 bits per heavy atom. The number of benzene rings is 2. The Labute approximate surface area is 122 Å². The van der Waals surface area contributed by atoms with E-state index in [1.54, 1.807) is 12.1 Å². The van der Waals surface area contributed by atoms with Gasteiger partial charge in [-0.25, -0.2) is 0 Å². The van der Waals surface area contributed by atoms with Crippen LogP contribution in [0.15, 0.2) is 42.5 Å². The van der Waals surface area contributed by atoms with Crippen molar-refractivity contribution in [3.8, 4) is 0 Å². The monoisotopic (exact) mass is 378 g/mol. The van der Waals surface area contributed by atoms with Gasteiger partial charge in [-0.05, 0) is 65.1 Å². The van der Waals surface area contributed by atoms with Crippen molar-refractivity contribution in [1.82, 2.24) is 0 Å². The van der Waals surface area contributed by atoms with Crippen LogP contribution in [-0.4, -0.2) is 0 Å². The first-order valence-corrected chi connectivity index (χ1v) is 6.43. The number of hydrogen-bond donors (Lipinski definition) is 2. The minimum Gasteiger partial charge on any atom is -0.399 e. The maximum atomic E-state index is 12.9. The highest BCUT2D eigenvalue weighted by atomic mass is 127. The molecule has 6 heteroatoms. The van der Waals surface area contributed by atoms with E-state index in [-0.39, 0.29) is 11.4 Å². The van der Waals surface area contributed by atoms with Crippen LogP contribution in [0.3, 0.4) is 0 Å². The van der Waals surface area contributed by atoms with Crippen molar-refractivity contribution in [2.24, 2.45) is 0 Å². The second-order valence-electron chi connectivity index (χ2n) is 3.93. The minimum absolute atomic E-state index is 0.0112. The lowest BCUT2D eigenvalue weighted by molar-refractivity contribution is -0.136. The second-order valence-corrected chi connectivity index (χ2v) is 5.18. The highest BCUT2D eigenvalue weighted by molar-refractivity contribution is 14.1. The fourth-order valence-electron chi connectivity index (χ4n) is 1.59. The fourth-order valence-corrected chi connectivity index (χ4v) is 1.95. The van der Waals surface area contributed by atoms with Crippen LogP contribution in [-0.2, 0) is 6.18 Å². The van der Waals surface area contributed by atoms with Crippen molar-refractivity contribution in [1.29, 1.82) is 0 Å². The van der Waals surface area contributed by atoms with E-state index in [9.17, 15) is 13.2 Å². The van der Waals surface area contributed by atoms with E-state index < -0.39 is 11.7 Å². The Hall–Kier alpha value is -1.44. The number of alkyl halides is 3. The van der Waals surface area contributed by atoms with Gasteiger partial charge in [0, 0.05) is 14.9 Å². The van der Waals surface area contributed by atoms with E-state index in [1.807, 2.05) is 12.1 Å². The lowest BCUT2D eigenvalue weighted by Crippen LogP contribution is -2.09. The van der Waals surface area contributed by atoms with E-state index in [0.29, 0.717) is 5.69 Å². The molecule has 2 nitrogen and oxygen atoms in total. The van der Waals surface area contributed by atoms with Gasteiger partial charge in [0.2, 0.25) is 0 Å². The molecule has 0 radical (unpaired) electrons. The molecule has 0 atom stereocenters. The first kappa shape index (κ1) is 14.0. The second kappa shape index (κ2) is 5.28. The molecule has 100 valence electrons. The molecule has 19 heavy (non-hydrogen) atoms. The highest BCUT2D eigenvalue weighted by Crippen LogP contribution is 2.37. The highest BCUT2D eigenvalue weighted by Gasteiger charge is 2.33. The maximum absolute atomic E-state index is 12.9. The van der Waals surface area contributed by atoms with Crippen molar-refractivity contribution >= 4 is 39.7 Å². The van der Waals surface area contributed by atoms with Crippen molar-refractivity contribution in [3.63, 3.8) is 0 Å². The Bertz CT molecular complexity index is 579. The smallest absolute Gasteiger partial charge is 0.399 e. The lowest BCUT2D eigenvalue weighted by Gasteiger charge is -2.15. The molecule has 0 heterocycles. The molecule has 0 amide bonds. The number of nitrogen functional groups attached to an aromatic ring is 1. The van der Waals surface area contributed by atoms with Gasteiger partial charge < -0.3 is 11.1 Å².